The van der Waals surface area contributed by atoms with Crippen LogP contribution in [0.2, 0.25) is 0 Å². The van der Waals surface area contributed by atoms with Crippen molar-refractivity contribution in [2.24, 2.45) is 0 Å². The van der Waals surface area contributed by atoms with Gasteiger partial charge in [-0.1, -0.05) is 49.0 Å². The Hall–Kier alpha value is -3.68. The van der Waals surface area contributed by atoms with Crippen molar-refractivity contribution in [2.75, 3.05) is 36.0 Å². The van der Waals surface area contributed by atoms with E-state index < -0.39 is 0 Å². The van der Waals surface area contributed by atoms with Crippen LogP contribution in [-0.4, -0.2) is 58.0 Å². The van der Waals surface area contributed by atoms with Gasteiger partial charge in [0.05, 0.1) is 0 Å². The second-order valence-corrected chi connectivity index (χ2v) is 6.85. The van der Waals surface area contributed by atoms with Gasteiger partial charge in [-0.15, -0.1) is 0 Å². The summed E-state index contributed by atoms with van der Waals surface area (Å²) in [5.41, 5.74) is 2.98. The Bertz CT molecular complexity index is 1080. The van der Waals surface area contributed by atoms with Crippen LogP contribution in [0, 0.1) is 0 Å². The Labute approximate surface area is 177 Å². The molecule has 0 saturated carbocycles. The number of allylic oxidation sites excluding steroid dienone is 6. The summed E-state index contributed by atoms with van der Waals surface area (Å²) in [6.07, 6.45) is 16.5. The highest BCUT2D eigenvalue weighted by atomic mass is 15.3. The van der Waals surface area contributed by atoms with Crippen molar-refractivity contribution in [3.8, 4) is 0 Å². The Morgan fingerprint density at radius 1 is 1.00 bits per heavy atom. The zero-order valence-corrected chi connectivity index (χ0v) is 16.8. The Kier molecular flexibility index (Phi) is 6.03. The molecular formula is C22H23BN7. The topological polar surface area (TPSA) is 62.5 Å². The van der Waals surface area contributed by atoms with Gasteiger partial charge in [0.25, 0.3) is 0 Å². The molecular weight excluding hydrogens is 373 g/mol. The van der Waals surface area contributed by atoms with Gasteiger partial charge in [0.1, 0.15) is 11.8 Å². The first-order valence-corrected chi connectivity index (χ1v) is 9.85. The average molecular weight is 396 g/mol. The maximum absolute atomic E-state index is 4.57. The second-order valence-electron chi connectivity index (χ2n) is 6.85. The first kappa shape index (κ1) is 19.6. The largest absolute Gasteiger partial charge is 0.351 e. The molecule has 4 rings (SSSR count). The number of hydrogen-bond donors (Lipinski definition) is 0. The van der Waals surface area contributed by atoms with E-state index in [1.165, 1.54) is 0 Å². The Morgan fingerprint density at radius 3 is 2.50 bits per heavy atom. The molecule has 3 aromatic heterocycles. The van der Waals surface area contributed by atoms with E-state index in [1.807, 2.05) is 60.7 Å². The standard InChI is InChI=1S/C22H23BN7/c1-3-5-8-18(7-4-2)23-19-15-24-22(25-16-19)29-13-11-28(12-14-29)21-20-9-6-10-30(20)27-17-26-21/h3-10,15-17H,1-2,11-14H2/b8-5-,18-7+. The van der Waals surface area contributed by atoms with Crippen LogP contribution in [-0.2, 0) is 0 Å². The van der Waals surface area contributed by atoms with Crippen molar-refractivity contribution >= 4 is 30.0 Å². The molecule has 0 aromatic carbocycles. The molecule has 149 valence electrons. The van der Waals surface area contributed by atoms with Gasteiger partial charge in [-0.2, -0.15) is 5.10 Å². The van der Waals surface area contributed by atoms with E-state index in [1.54, 1.807) is 18.5 Å². The fourth-order valence-electron chi connectivity index (χ4n) is 3.44. The summed E-state index contributed by atoms with van der Waals surface area (Å²) in [5, 5.41) is 4.24. The van der Waals surface area contributed by atoms with Crippen LogP contribution in [0.5, 0.6) is 0 Å². The predicted octanol–water partition coefficient (Wildman–Crippen LogP) is 1.99. The van der Waals surface area contributed by atoms with Crippen molar-refractivity contribution in [2.45, 2.75) is 0 Å². The molecule has 8 heteroatoms. The minimum Gasteiger partial charge on any atom is -0.351 e. The third kappa shape index (κ3) is 4.32. The van der Waals surface area contributed by atoms with Crippen LogP contribution in [0.3, 0.4) is 0 Å². The first-order valence-electron chi connectivity index (χ1n) is 9.85. The summed E-state index contributed by atoms with van der Waals surface area (Å²) in [5.74, 6) is 1.72. The number of aromatic nitrogens is 5. The minimum absolute atomic E-state index is 0.748. The van der Waals surface area contributed by atoms with E-state index in [9.17, 15) is 0 Å². The smallest absolute Gasteiger partial charge is 0.225 e. The molecule has 0 amide bonds. The second kappa shape index (κ2) is 9.22. The lowest BCUT2D eigenvalue weighted by molar-refractivity contribution is 0.633. The number of anilines is 2. The third-order valence-electron chi connectivity index (χ3n) is 4.90. The van der Waals surface area contributed by atoms with Gasteiger partial charge in [0.2, 0.25) is 5.95 Å². The maximum Gasteiger partial charge on any atom is 0.225 e. The van der Waals surface area contributed by atoms with E-state index in [-0.39, 0.29) is 0 Å². The summed E-state index contributed by atoms with van der Waals surface area (Å²) in [7, 11) is 2.02. The van der Waals surface area contributed by atoms with Crippen molar-refractivity contribution in [3.63, 3.8) is 0 Å². The summed E-state index contributed by atoms with van der Waals surface area (Å²) in [6, 6.07) is 4.03. The number of hydrogen-bond acceptors (Lipinski definition) is 6. The monoisotopic (exact) mass is 396 g/mol. The van der Waals surface area contributed by atoms with Crippen molar-refractivity contribution in [1.29, 1.82) is 0 Å². The van der Waals surface area contributed by atoms with Gasteiger partial charge in [0, 0.05) is 44.8 Å². The van der Waals surface area contributed by atoms with E-state index >= 15 is 0 Å². The van der Waals surface area contributed by atoms with Crippen LogP contribution in [0.25, 0.3) is 5.52 Å². The molecule has 0 unspecified atom stereocenters. The lowest BCUT2D eigenvalue weighted by atomic mass is 9.64. The third-order valence-corrected chi connectivity index (χ3v) is 4.90. The fourth-order valence-corrected chi connectivity index (χ4v) is 3.44. The molecule has 0 atom stereocenters. The maximum atomic E-state index is 4.57. The molecule has 1 saturated heterocycles. The fraction of sp³-hybridized carbons (Fsp3) is 0.182. The Morgan fingerprint density at radius 2 is 1.77 bits per heavy atom. The number of piperazine rings is 1. The molecule has 7 nitrogen and oxygen atoms in total. The SMILES string of the molecule is C=C/C=C\C([B]c1cnc(N2CCN(c3ncnn4cccc34)CC2)nc1)=C/C=C. The highest BCUT2D eigenvalue weighted by Gasteiger charge is 2.21. The van der Waals surface area contributed by atoms with Gasteiger partial charge in [-0.3, -0.25) is 0 Å². The van der Waals surface area contributed by atoms with E-state index in [4.69, 9.17) is 0 Å². The lowest BCUT2D eigenvalue weighted by Crippen LogP contribution is -2.47. The first-order chi connectivity index (χ1) is 14.8. The number of fused-ring (bicyclic) bond motifs is 1. The van der Waals surface area contributed by atoms with Crippen molar-refractivity contribution < 1.29 is 0 Å². The lowest BCUT2D eigenvalue weighted by Gasteiger charge is -2.35. The number of rotatable bonds is 7. The van der Waals surface area contributed by atoms with Gasteiger partial charge in [0.15, 0.2) is 13.1 Å². The summed E-state index contributed by atoms with van der Waals surface area (Å²) in [6.45, 7) is 10.8. The van der Waals surface area contributed by atoms with E-state index in [2.05, 4.69) is 43.0 Å². The molecule has 1 aliphatic heterocycles. The average Bonchev–Trinajstić information content (AvgIpc) is 3.27. The molecule has 1 fully saturated rings. The Balaban J connectivity index is 1.40. The summed E-state index contributed by atoms with van der Waals surface area (Å²) >= 11 is 0. The van der Waals surface area contributed by atoms with E-state index in [0.29, 0.717) is 0 Å². The number of nitrogens with zero attached hydrogens (tertiary/aromatic N) is 7. The molecule has 1 radical (unpaired) electrons. The highest BCUT2D eigenvalue weighted by Crippen LogP contribution is 2.20. The van der Waals surface area contributed by atoms with Crippen LogP contribution in [0.4, 0.5) is 11.8 Å². The van der Waals surface area contributed by atoms with Crippen LogP contribution in [0.1, 0.15) is 0 Å². The molecule has 0 spiro atoms. The summed E-state index contributed by atoms with van der Waals surface area (Å²) in [4.78, 5) is 18.1. The van der Waals surface area contributed by atoms with Crippen LogP contribution >= 0.6 is 0 Å². The molecule has 4 heterocycles. The van der Waals surface area contributed by atoms with Gasteiger partial charge < -0.3 is 9.80 Å². The molecule has 0 aliphatic carbocycles. The molecule has 1 aliphatic rings. The van der Waals surface area contributed by atoms with Gasteiger partial charge >= 0.3 is 0 Å². The van der Waals surface area contributed by atoms with Crippen LogP contribution in [0.15, 0.2) is 86.1 Å². The summed E-state index contributed by atoms with van der Waals surface area (Å²) < 4.78 is 1.85. The zero-order valence-electron chi connectivity index (χ0n) is 16.8. The molecule has 30 heavy (non-hydrogen) atoms. The zero-order chi connectivity index (χ0) is 20.8. The normalized spacial score (nSPS) is 15.0. The molecule has 0 bridgehead atoms. The molecule has 0 N–H and O–H groups in total. The van der Waals surface area contributed by atoms with Gasteiger partial charge in [-0.25, -0.2) is 19.5 Å². The minimum atomic E-state index is 0.748. The quantitative estimate of drug-likeness (QED) is 0.450. The predicted molar refractivity (Wildman–Crippen MR) is 122 cm³/mol. The van der Waals surface area contributed by atoms with Gasteiger partial charge in [-0.05, 0) is 17.6 Å². The van der Waals surface area contributed by atoms with Crippen molar-refractivity contribution in [3.05, 3.63) is 86.1 Å². The molecule has 3 aromatic rings. The van der Waals surface area contributed by atoms with E-state index in [0.717, 1.165) is 54.4 Å². The highest BCUT2D eigenvalue weighted by molar-refractivity contribution is 6.61. The van der Waals surface area contributed by atoms with Crippen LogP contribution < -0.4 is 15.3 Å². The van der Waals surface area contributed by atoms with Crippen molar-refractivity contribution in [1.82, 2.24) is 24.6 Å².